The maximum atomic E-state index is 14.2. The molecule has 0 radical (unpaired) electrons. The van der Waals surface area contributed by atoms with Crippen molar-refractivity contribution in [2.75, 3.05) is 19.6 Å². The third-order valence-electron chi connectivity index (χ3n) is 7.68. The van der Waals surface area contributed by atoms with Crippen LogP contribution in [-0.2, 0) is 31.1 Å². The summed E-state index contributed by atoms with van der Waals surface area (Å²) in [5.74, 6) is -1.99. The van der Waals surface area contributed by atoms with Gasteiger partial charge in [-0.2, -0.15) is 0 Å². The SMILES string of the molecule is O=C(C[C@]1(c2cccc(F)c2)CC(=O)N(Cc2cccnc2)C1=O)N1CCN(C2CCCC2)C(=O)C1. The first-order chi connectivity index (χ1) is 17.4. The summed E-state index contributed by atoms with van der Waals surface area (Å²) in [7, 11) is 0. The Hall–Kier alpha value is -3.62. The van der Waals surface area contributed by atoms with Crippen LogP contribution in [0.25, 0.3) is 0 Å². The maximum absolute atomic E-state index is 14.2. The van der Waals surface area contributed by atoms with E-state index < -0.39 is 23.0 Å². The lowest BCUT2D eigenvalue weighted by atomic mass is 9.75. The van der Waals surface area contributed by atoms with Gasteiger partial charge in [-0.15, -0.1) is 0 Å². The molecule has 1 aliphatic carbocycles. The summed E-state index contributed by atoms with van der Waals surface area (Å²) < 4.78 is 14.2. The number of imide groups is 1. The standard InChI is InChI=1S/C27H29FN4O4/c28-21-7-3-6-20(13-21)27(15-24(34)32(26(27)36)17-19-5-4-10-29-16-19)14-23(33)30-11-12-31(25(35)18-30)22-8-1-2-9-22/h3-7,10,13,16,22H,1-2,8-9,11-12,14-15,17-18H2/t27-/m1/s1. The fraction of sp³-hybridized carbons (Fsp3) is 0.444. The molecule has 3 fully saturated rings. The molecule has 4 amide bonds. The van der Waals surface area contributed by atoms with Crippen LogP contribution in [0.2, 0.25) is 0 Å². The van der Waals surface area contributed by atoms with Crippen molar-refractivity contribution in [3.8, 4) is 0 Å². The van der Waals surface area contributed by atoms with Gasteiger partial charge in [-0.3, -0.25) is 29.1 Å². The number of aromatic nitrogens is 1. The molecule has 2 aliphatic heterocycles. The number of hydrogen-bond donors (Lipinski definition) is 0. The fourth-order valence-electron chi connectivity index (χ4n) is 5.76. The molecule has 0 spiro atoms. The number of carbonyl (C=O) groups excluding carboxylic acids is 4. The Kier molecular flexibility index (Phi) is 6.55. The Morgan fingerprint density at radius 3 is 2.56 bits per heavy atom. The second kappa shape index (κ2) is 9.79. The lowest BCUT2D eigenvalue weighted by Crippen LogP contribution is -2.56. The highest BCUT2D eigenvalue weighted by molar-refractivity contribution is 6.10. The molecule has 1 atom stereocenters. The van der Waals surface area contributed by atoms with Crippen LogP contribution in [-0.4, -0.2) is 69.0 Å². The minimum Gasteiger partial charge on any atom is -0.336 e. The summed E-state index contributed by atoms with van der Waals surface area (Å²) >= 11 is 0. The molecule has 2 aromatic rings. The summed E-state index contributed by atoms with van der Waals surface area (Å²) in [6.45, 7) is 0.815. The number of carbonyl (C=O) groups is 4. The normalized spacial score (nSPS) is 23.1. The van der Waals surface area contributed by atoms with E-state index >= 15 is 0 Å². The Balaban J connectivity index is 1.39. The molecule has 1 aromatic carbocycles. The average Bonchev–Trinajstić information content (AvgIpc) is 3.48. The van der Waals surface area contributed by atoms with E-state index in [1.807, 2.05) is 4.90 Å². The zero-order valence-corrected chi connectivity index (χ0v) is 20.1. The Morgan fingerprint density at radius 1 is 1.06 bits per heavy atom. The number of amides is 4. The molecule has 1 aromatic heterocycles. The van der Waals surface area contributed by atoms with Crippen molar-refractivity contribution in [3.63, 3.8) is 0 Å². The van der Waals surface area contributed by atoms with Crippen LogP contribution in [0.5, 0.6) is 0 Å². The van der Waals surface area contributed by atoms with E-state index in [1.54, 1.807) is 30.6 Å². The zero-order chi connectivity index (χ0) is 25.3. The number of piperazine rings is 1. The van der Waals surface area contributed by atoms with Crippen molar-refractivity contribution in [3.05, 3.63) is 65.7 Å². The molecule has 5 rings (SSSR count). The van der Waals surface area contributed by atoms with E-state index in [0.29, 0.717) is 24.2 Å². The maximum Gasteiger partial charge on any atom is 0.242 e. The van der Waals surface area contributed by atoms with Crippen molar-refractivity contribution < 1.29 is 23.6 Å². The number of benzene rings is 1. The molecule has 3 aliphatic rings. The topological polar surface area (TPSA) is 90.9 Å². The van der Waals surface area contributed by atoms with Crippen LogP contribution in [0.15, 0.2) is 48.8 Å². The Morgan fingerprint density at radius 2 is 1.86 bits per heavy atom. The average molecular weight is 493 g/mol. The zero-order valence-electron chi connectivity index (χ0n) is 20.1. The van der Waals surface area contributed by atoms with Crippen LogP contribution in [0, 0.1) is 5.82 Å². The first-order valence-electron chi connectivity index (χ1n) is 12.4. The molecule has 3 heterocycles. The Labute approximate surface area is 209 Å². The summed E-state index contributed by atoms with van der Waals surface area (Å²) in [5, 5.41) is 0. The predicted molar refractivity (Wildman–Crippen MR) is 128 cm³/mol. The highest BCUT2D eigenvalue weighted by Crippen LogP contribution is 2.41. The number of likely N-dealkylation sites (tertiary alicyclic amines) is 1. The largest absolute Gasteiger partial charge is 0.336 e. The van der Waals surface area contributed by atoms with Crippen molar-refractivity contribution >= 4 is 23.6 Å². The minimum absolute atomic E-state index is 0.0231. The molecule has 1 saturated carbocycles. The van der Waals surface area contributed by atoms with Gasteiger partial charge in [0.1, 0.15) is 5.82 Å². The van der Waals surface area contributed by atoms with Crippen molar-refractivity contribution in [2.24, 2.45) is 0 Å². The van der Waals surface area contributed by atoms with E-state index in [9.17, 15) is 23.6 Å². The van der Waals surface area contributed by atoms with Crippen LogP contribution in [0.1, 0.15) is 49.7 Å². The lowest BCUT2D eigenvalue weighted by Gasteiger charge is -2.39. The summed E-state index contributed by atoms with van der Waals surface area (Å²) in [6.07, 6.45) is 6.83. The minimum atomic E-state index is -1.52. The van der Waals surface area contributed by atoms with Gasteiger partial charge in [0.25, 0.3) is 0 Å². The van der Waals surface area contributed by atoms with Gasteiger partial charge < -0.3 is 9.80 Å². The number of halogens is 1. The first kappa shape index (κ1) is 24.1. The molecule has 188 valence electrons. The van der Waals surface area contributed by atoms with E-state index in [1.165, 1.54) is 23.1 Å². The van der Waals surface area contributed by atoms with E-state index in [-0.39, 0.29) is 43.8 Å². The molecule has 0 unspecified atom stereocenters. The smallest absolute Gasteiger partial charge is 0.242 e. The molecule has 36 heavy (non-hydrogen) atoms. The van der Waals surface area contributed by atoms with Gasteiger partial charge in [0.15, 0.2) is 0 Å². The van der Waals surface area contributed by atoms with E-state index in [2.05, 4.69) is 4.98 Å². The number of pyridine rings is 1. The van der Waals surface area contributed by atoms with Gasteiger partial charge in [0.2, 0.25) is 23.6 Å². The predicted octanol–water partition coefficient (Wildman–Crippen LogP) is 2.42. The molecule has 0 N–H and O–H groups in total. The van der Waals surface area contributed by atoms with Gasteiger partial charge in [-0.1, -0.05) is 31.0 Å². The highest BCUT2D eigenvalue weighted by Gasteiger charge is 2.54. The van der Waals surface area contributed by atoms with Gasteiger partial charge >= 0.3 is 0 Å². The van der Waals surface area contributed by atoms with Crippen LogP contribution in [0.4, 0.5) is 4.39 Å². The fourth-order valence-corrected chi connectivity index (χ4v) is 5.76. The molecule has 8 nitrogen and oxygen atoms in total. The van der Waals surface area contributed by atoms with Gasteiger partial charge in [0, 0.05) is 44.4 Å². The summed E-state index contributed by atoms with van der Waals surface area (Å²) in [5.41, 5.74) is -0.558. The molecular weight excluding hydrogens is 463 g/mol. The number of rotatable bonds is 6. The van der Waals surface area contributed by atoms with Gasteiger partial charge in [-0.05, 0) is 42.2 Å². The second-order valence-electron chi connectivity index (χ2n) is 9.93. The van der Waals surface area contributed by atoms with Gasteiger partial charge in [0.05, 0.1) is 18.5 Å². The van der Waals surface area contributed by atoms with Crippen LogP contribution < -0.4 is 0 Å². The van der Waals surface area contributed by atoms with Crippen molar-refractivity contribution in [1.29, 1.82) is 0 Å². The Bertz CT molecular complexity index is 1180. The van der Waals surface area contributed by atoms with Crippen molar-refractivity contribution in [1.82, 2.24) is 19.7 Å². The van der Waals surface area contributed by atoms with Gasteiger partial charge in [-0.25, -0.2) is 4.39 Å². The third kappa shape index (κ3) is 4.50. The van der Waals surface area contributed by atoms with E-state index in [4.69, 9.17) is 0 Å². The molecule has 9 heteroatoms. The van der Waals surface area contributed by atoms with E-state index in [0.717, 1.165) is 30.6 Å². The number of nitrogens with zero attached hydrogens (tertiary/aromatic N) is 4. The summed E-state index contributed by atoms with van der Waals surface area (Å²) in [6, 6.07) is 9.25. The second-order valence-corrected chi connectivity index (χ2v) is 9.93. The first-order valence-corrected chi connectivity index (χ1v) is 12.4. The lowest BCUT2D eigenvalue weighted by molar-refractivity contribution is -0.149. The van der Waals surface area contributed by atoms with Crippen LogP contribution in [0.3, 0.4) is 0 Å². The molecule has 0 bridgehead atoms. The highest BCUT2D eigenvalue weighted by atomic mass is 19.1. The number of hydrogen-bond acceptors (Lipinski definition) is 5. The molecular formula is C27H29FN4O4. The monoisotopic (exact) mass is 492 g/mol. The molecule has 2 saturated heterocycles. The van der Waals surface area contributed by atoms with Crippen molar-refractivity contribution in [2.45, 2.75) is 56.5 Å². The third-order valence-corrected chi connectivity index (χ3v) is 7.68. The summed E-state index contributed by atoms with van der Waals surface area (Å²) in [4.78, 5) is 61.7. The quantitative estimate of drug-likeness (QED) is 0.578. The van der Waals surface area contributed by atoms with Crippen LogP contribution >= 0.6 is 0 Å².